The fourth-order valence-electron chi connectivity index (χ4n) is 1.98. The highest BCUT2D eigenvalue weighted by Crippen LogP contribution is 2.45. The van der Waals surface area contributed by atoms with Gasteiger partial charge in [0.2, 0.25) is 0 Å². The van der Waals surface area contributed by atoms with Crippen LogP contribution in [0.1, 0.15) is 23.2 Å². The van der Waals surface area contributed by atoms with E-state index < -0.39 is 29.6 Å². The molecule has 0 bridgehead atoms. The molecule has 0 aromatic heterocycles. The van der Waals surface area contributed by atoms with Gasteiger partial charge >= 0.3 is 6.18 Å². The molecule has 2 rings (SSSR count). The topological polar surface area (TPSA) is 17.1 Å². The Morgan fingerprint density at radius 1 is 1.28 bits per heavy atom. The predicted octanol–water partition coefficient (Wildman–Crippen LogP) is 4.25. The van der Waals surface area contributed by atoms with Crippen molar-refractivity contribution in [1.82, 2.24) is 0 Å². The molecule has 1 nitrogen and oxygen atoms in total. The molecule has 0 atom stereocenters. The van der Waals surface area contributed by atoms with Crippen LogP contribution in [-0.4, -0.2) is 12.0 Å². The number of Topliss-reactive ketones (excluding diaryl/α,β-unsaturated/α-hetero) is 1. The Labute approximate surface area is 106 Å². The summed E-state index contributed by atoms with van der Waals surface area (Å²) < 4.78 is 49.7. The van der Waals surface area contributed by atoms with Crippen LogP contribution in [0.2, 0.25) is 5.02 Å². The third-order valence-corrected chi connectivity index (χ3v) is 3.47. The lowest BCUT2D eigenvalue weighted by Gasteiger charge is -2.35. The Morgan fingerprint density at radius 2 is 1.89 bits per heavy atom. The summed E-state index contributed by atoms with van der Waals surface area (Å²) in [5, 5.41) is -0.201. The van der Waals surface area contributed by atoms with Gasteiger partial charge in [0.25, 0.3) is 0 Å². The maximum atomic E-state index is 12.9. The highest BCUT2D eigenvalue weighted by Gasteiger charge is 2.49. The molecular formula is C12H9ClF4O. The van der Waals surface area contributed by atoms with Crippen LogP contribution in [0.25, 0.3) is 0 Å². The van der Waals surface area contributed by atoms with Crippen molar-refractivity contribution in [3.8, 4) is 0 Å². The van der Waals surface area contributed by atoms with E-state index in [9.17, 15) is 22.4 Å². The van der Waals surface area contributed by atoms with Gasteiger partial charge in [-0.1, -0.05) is 11.6 Å². The molecule has 18 heavy (non-hydrogen) atoms. The summed E-state index contributed by atoms with van der Waals surface area (Å²) in [6.45, 7) is 0. The van der Waals surface area contributed by atoms with E-state index in [1.54, 1.807) is 0 Å². The Morgan fingerprint density at radius 3 is 2.39 bits per heavy atom. The van der Waals surface area contributed by atoms with Crippen molar-refractivity contribution in [2.45, 2.75) is 19.0 Å². The minimum atomic E-state index is -4.24. The minimum absolute atomic E-state index is 0.159. The highest BCUT2D eigenvalue weighted by atomic mass is 35.5. The zero-order valence-electron chi connectivity index (χ0n) is 9.10. The SMILES string of the molecule is O=C(c1ccc(F)c(Cl)c1)C1CC(C(F)(F)F)C1. The minimum Gasteiger partial charge on any atom is -0.294 e. The van der Waals surface area contributed by atoms with Gasteiger partial charge in [-0.15, -0.1) is 0 Å². The fraction of sp³-hybridized carbons (Fsp3) is 0.417. The first-order valence-electron chi connectivity index (χ1n) is 5.35. The molecule has 98 valence electrons. The van der Waals surface area contributed by atoms with Crippen LogP contribution in [0.5, 0.6) is 0 Å². The van der Waals surface area contributed by atoms with Gasteiger partial charge in [0, 0.05) is 11.5 Å². The van der Waals surface area contributed by atoms with Gasteiger partial charge in [0.05, 0.1) is 10.9 Å². The summed E-state index contributed by atoms with van der Waals surface area (Å²) in [7, 11) is 0. The summed E-state index contributed by atoms with van der Waals surface area (Å²) in [6, 6.07) is 3.43. The standard InChI is InChI=1S/C12H9ClF4O/c13-9-5-6(1-2-10(9)14)11(18)7-3-8(4-7)12(15,16)17/h1-2,5,7-8H,3-4H2. The number of alkyl halides is 3. The number of carbonyl (C=O) groups excluding carboxylic acids is 1. The third kappa shape index (κ3) is 2.51. The fourth-order valence-corrected chi connectivity index (χ4v) is 2.16. The number of ketones is 1. The van der Waals surface area contributed by atoms with E-state index in [1.165, 1.54) is 6.07 Å². The highest BCUT2D eigenvalue weighted by molar-refractivity contribution is 6.31. The molecule has 0 saturated heterocycles. The van der Waals surface area contributed by atoms with Crippen molar-refractivity contribution >= 4 is 17.4 Å². The first kappa shape index (κ1) is 13.3. The van der Waals surface area contributed by atoms with Gasteiger partial charge in [0.1, 0.15) is 5.82 Å². The van der Waals surface area contributed by atoms with Crippen LogP contribution in [0.3, 0.4) is 0 Å². The van der Waals surface area contributed by atoms with Crippen molar-refractivity contribution in [3.63, 3.8) is 0 Å². The van der Waals surface area contributed by atoms with E-state index in [0.717, 1.165) is 12.1 Å². The lowest BCUT2D eigenvalue weighted by molar-refractivity contribution is -0.200. The number of benzene rings is 1. The van der Waals surface area contributed by atoms with Crippen LogP contribution >= 0.6 is 11.6 Å². The maximum absolute atomic E-state index is 12.9. The summed E-state index contributed by atoms with van der Waals surface area (Å²) >= 11 is 5.52. The molecule has 1 fully saturated rings. The Hall–Kier alpha value is -1.10. The molecule has 0 N–H and O–H groups in total. The van der Waals surface area contributed by atoms with E-state index in [-0.39, 0.29) is 23.4 Å². The second-order valence-electron chi connectivity index (χ2n) is 4.40. The van der Waals surface area contributed by atoms with Crippen molar-refractivity contribution < 1.29 is 22.4 Å². The molecule has 1 aliphatic rings. The van der Waals surface area contributed by atoms with Gasteiger partial charge in [-0.2, -0.15) is 13.2 Å². The predicted molar refractivity (Wildman–Crippen MR) is 58.0 cm³/mol. The van der Waals surface area contributed by atoms with E-state index in [2.05, 4.69) is 0 Å². The van der Waals surface area contributed by atoms with Crippen LogP contribution in [0.15, 0.2) is 18.2 Å². The number of rotatable bonds is 2. The maximum Gasteiger partial charge on any atom is 0.391 e. The first-order valence-corrected chi connectivity index (χ1v) is 5.73. The lowest BCUT2D eigenvalue weighted by atomic mass is 9.71. The van der Waals surface area contributed by atoms with E-state index >= 15 is 0 Å². The van der Waals surface area contributed by atoms with Crippen LogP contribution in [0, 0.1) is 17.7 Å². The summed E-state index contributed by atoms with van der Waals surface area (Å²) in [4.78, 5) is 11.8. The molecule has 1 aliphatic carbocycles. The van der Waals surface area contributed by atoms with Gasteiger partial charge in [-0.25, -0.2) is 4.39 Å². The van der Waals surface area contributed by atoms with Gasteiger partial charge in [-0.05, 0) is 31.0 Å². The monoisotopic (exact) mass is 280 g/mol. The normalized spacial score (nSPS) is 23.6. The summed E-state index contributed by atoms with van der Waals surface area (Å²) in [5.41, 5.74) is 0.159. The second-order valence-corrected chi connectivity index (χ2v) is 4.81. The van der Waals surface area contributed by atoms with E-state index in [0.29, 0.717) is 0 Å². The molecule has 1 saturated carbocycles. The average molecular weight is 281 g/mol. The number of halogens is 5. The third-order valence-electron chi connectivity index (χ3n) is 3.18. The lowest BCUT2D eigenvalue weighted by Crippen LogP contribution is -2.39. The van der Waals surface area contributed by atoms with Crippen molar-refractivity contribution in [3.05, 3.63) is 34.6 Å². The van der Waals surface area contributed by atoms with E-state index in [1.807, 2.05) is 0 Å². The van der Waals surface area contributed by atoms with Crippen molar-refractivity contribution in [1.29, 1.82) is 0 Å². The Balaban J connectivity index is 2.04. The van der Waals surface area contributed by atoms with Crippen LogP contribution < -0.4 is 0 Å². The van der Waals surface area contributed by atoms with Crippen LogP contribution in [-0.2, 0) is 0 Å². The smallest absolute Gasteiger partial charge is 0.294 e. The Kier molecular flexibility index (Phi) is 3.36. The van der Waals surface area contributed by atoms with Crippen molar-refractivity contribution in [2.24, 2.45) is 11.8 Å². The molecule has 0 heterocycles. The molecule has 0 amide bonds. The first-order chi connectivity index (χ1) is 8.29. The quantitative estimate of drug-likeness (QED) is 0.585. The molecule has 0 aliphatic heterocycles. The van der Waals surface area contributed by atoms with Gasteiger partial charge in [-0.3, -0.25) is 4.79 Å². The molecule has 0 unspecified atom stereocenters. The molecule has 0 spiro atoms. The second kappa shape index (κ2) is 4.53. The van der Waals surface area contributed by atoms with Gasteiger partial charge in [0.15, 0.2) is 5.78 Å². The molecule has 1 aromatic rings. The number of hydrogen-bond acceptors (Lipinski definition) is 1. The molecule has 6 heteroatoms. The largest absolute Gasteiger partial charge is 0.391 e. The zero-order chi connectivity index (χ0) is 13.5. The average Bonchev–Trinajstić information content (AvgIpc) is 2.17. The van der Waals surface area contributed by atoms with Crippen molar-refractivity contribution in [2.75, 3.05) is 0 Å². The molecular weight excluding hydrogens is 272 g/mol. The summed E-state index contributed by atoms with van der Waals surface area (Å²) in [6.07, 6.45) is -4.63. The molecule has 0 radical (unpaired) electrons. The number of hydrogen-bond donors (Lipinski definition) is 0. The number of carbonyl (C=O) groups is 1. The Bertz CT molecular complexity index is 477. The summed E-state index contributed by atoms with van der Waals surface area (Å²) in [5.74, 6) is -3.10. The zero-order valence-corrected chi connectivity index (χ0v) is 9.85. The van der Waals surface area contributed by atoms with E-state index in [4.69, 9.17) is 11.6 Å². The van der Waals surface area contributed by atoms with Gasteiger partial charge < -0.3 is 0 Å². The van der Waals surface area contributed by atoms with Crippen LogP contribution in [0.4, 0.5) is 17.6 Å². The molecule has 1 aromatic carbocycles.